The molecule has 1 heterocycles. The Morgan fingerprint density at radius 2 is 1.79 bits per heavy atom. The van der Waals surface area contributed by atoms with Crippen LogP contribution in [-0.2, 0) is 6.54 Å². The highest BCUT2D eigenvalue weighted by Crippen LogP contribution is 2.25. The van der Waals surface area contributed by atoms with E-state index in [2.05, 4.69) is 5.10 Å². The summed E-state index contributed by atoms with van der Waals surface area (Å²) in [6.07, 6.45) is 0. The lowest BCUT2D eigenvalue weighted by Gasteiger charge is -2.09. The highest BCUT2D eigenvalue weighted by molar-refractivity contribution is 6.42. The summed E-state index contributed by atoms with van der Waals surface area (Å²) in [4.78, 5) is 11.5. The van der Waals surface area contributed by atoms with Crippen molar-refractivity contribution in [3.63, 3.8) is 0 Å². The van der Waals surface area contributed by atoms with E-state index in [4.69, 9.17) is 28.9 Å². The fraction of sp³-hybridized carbons (Fsp3) is 0.111. The number of rotatable bonds is 4. The Balaban J connectivity index is 2.03. The van der Waals surface area contributed by atoms with E-state index >= 15 is 0 Å². The van der Waals surface area contributed by atoms with E-state index in [1.165, 1.54) is 0 Å². The minimum absolute atomic E-state index is 0.227. The van der Waals surface area contributed by atoms with Gasteiger partial charge in [-0.3, -0.25) is 9.48 Å². The van der Waals surface area contributed by atoms with E-state index in [9.17, 15) is 4.79 Å². The molecule has 0 aliphatic rings. The number of amides is 1. The summed E-state index contributed by atoms with van der Waals surface area (Å²) >= 11 is 12.0. The van der Waals surface area contributed by atoms with Gasteiger partial charge in [0.05, 0.1) is 22.3 Å². The number of halogens is 2. The monoisotopic (exact) mass is 359 g/mol. The van der Waals surface area contributed by atoms with Gasteiger partial charge in [-0.05, 0) is 36.2 Å². The molecule has 1 aromatic heterocycles. The van der Waals surface area contributed by atoms with Crippen LogP contribution in [-0.4, -0.2) is 15.7 Å². The van der Waals surface area contributed by atoms with Crippen LogP contribution < -0.4 is 5.73 Å². The van der Waals surface area contributed by atoms with Crippen LogP contribution in [0.2, 0.25) is 10.0 Å². The minimum Gasteiger partial charge on any atom is -0.364 e. The number of hydrogen-bond acceptors (Lipinski definition) is 2. The number of hydrogen-bond donors (Lipinski definition) is 1. The van der Waals surface area contributed by atoms with Crippen LogP contribution in [0.5, 0.6) is 0 Å². The second kappa shape index (κ2) is 6.67. The van der Waals surface area contributed by atoms with Crippen molar-refractivity contribution in [3.8, 4) is 11.3 Å². The van der Waals surface area contributed by atoms with Gasteiger partial charge in [0.1, 0.15) is 0 Å². The van der Waals surface area contributed by atoms with Gasteiger partial charge in [-0.25, -0.2) is 0 Å². The molecule has 0 unspecified atom stereocenters. The molecular formula is C18H15Cl2N3O. The standard InChI is InChI=1S/C18H15Cl2N3O/c1-11-2-5-13(6-3-11)17-9-16(18(21)24)22-23(17)10-12-4-7-14(19)15(20)8-12/h2-9H,10H2,1H3,(H2,21,24). The van der Waals surface area contributed by atoms with Crippen LogP contribution in [0.1, 0.15) is 21.6 Å². The number of carbonyl (C=O) groups is 1. The fourth-order valence-corrected chi connectivity index (χ4v) is 2.75. The zero-order chi connectivity index (χ0) is 17.3. The molecule has 0 spiro atoms. The topological polar surface area (TPSA) is 60.9 Å². The summed E-state index contributed by atoms with van der Waals surface area (Å²) < 4.78 is 1.74. The lowest BCUT2D eigenvalue weighted by Crippen LogP contribution is -2.12. The number of primary amides is 1. The van der Waals surface area contributed by atoms with Gasteiger partial charge >= 0.3 is 0 Å². The van der Waals surface area contributed by atoms with E-state index in [1.807, 2.05) is 37.3 Å². The van der Waals surface area contributed by atoms with Crippen molar-refractivity contribution in [3.05, 3.63) is 75.4 Å². The van der Waals surface area contributed by atoms with Crippen molar-refractivity contribution in [1.82, 2.24) is 9.78 Å². The second-order valence-electron chi connectivity index (χ2n) is 5.55. The van der Waals surface area contributed by atoms with Crippen LogP contribution in [0.25, 0.3) is 11.3 Å². The van der Waals surface area contributed by atoms with Crippen molar-refractivity contribution in [2.75, 3.05) is 0 Å². The highest BCUT2D eigenvalue weighted by atomic mass is 35.5. The third-order valence-corrected chi connectivity index (χ3v) is 4.44. The summed E-state index contributed by atoms with van der Waals surface area (Å²) in [5, 5.41) is 5.30. The maximum absolute atomic E-state index is 11.5. The van der Waals surface area contributed by atoms with Gasteiger partial charge in [-0.15, -0.1) is 0 Å². The first-order valence-electron chi connectivity index (χ1n) is 7.32. The first kappa shape index (κ1) is 16.6. The number of benzene rings is 2. The van der Waals surface area contributed by atoms with Crippen molar-refractivity contribution in [2.45, 2.75) is 13.5 Å². The first-order chi connectivity index (χ1) is 11.4. The predicted octanol–water partition coefficient (Wildman–Crippen LogP) is 4.31. The molecule has 122 valence electrons. The molecule has 0 aliphatic heterocycles. The molecule has 24 heavy (non-hydrogen) atoms. The maximum Gasteiger partial charge on any atom is 0.269 e. The molecule has 0 atom stereocenters. The SMILES string of the molecule is Cc1ccc(-c2cc(C(N)=O)nn2Cc2ccc(Cl)c(Cl)c2)cc1. The van der Waals surface area contributed by atoms with Gasteiger partial charge in [0.2, 0.25) is 0 Å². The Morgan fingerprint density at radius 3 is 2.42 bits per heavy atom. The first-order valence-corrected chi connectivity index (χ1v) is 8.08. The lowest BCUT2D eigenvalue weighted by molar-refractivity contribution is 0.0995. The van der Waals surface area contributed by atoms with Gasteiger partial charge in [0.25, 0.3) is 5.91 Å². The molecule has 4 nitrogen and oxygen atoms in total. The summed E-state index contributed by atoms with van der Waals surface area (Å²) in [5.74, 6) is -0.559. The Hall–Kier alpha value is -2.30. The lowest BCUT2D eigenvalue weighted by atomic mass is 10.1. The summed E-state index contributed by atoms with van der Waals surface area (Å²) in [7, 11) is 0. The summed E-state index contributed by atoms with van der Waals surface area (Å²) in [6, 6.07) is 15.1. The predicted molar refractivity (Wildman–Crippen MR) is 96.5 cm³/mol. The van der Waals surface area contributed by atoms with Gasteiger partial charge in [-0.1, -0.05) is 59.1 Å². The van der Waals surface area contributed by atoms with Crippen molar-refractivity contribution in [1.29, 1.82) is 0 Å². The van der Waals surface area contributed by atoms with Gasteiger partial charge in [0, 0.05) is 0 Å². The summed E-state index contributed by atoms with van der Waals surface area (Å²) in [6.45, 7) is 2.47. The van der Waals surface area contributed by atoms with E-state index in [1.54, 1.807) is 22.9 Å². The van der Waals surface area contributed by atoms with Crippen LogP contribution in [0.4, 0.5) is 0 Å². The van der Waals surface area contributed by atoms with E-state index in [0.717, 1.165) is 22.4 Å². The number of aryl methyl sites for hydroxylation is 1. The zero-order valence-electron chi connectivity index (χ0n) is 13.0. The number of nitrogens with zero attached hydrogens (tertiary/aromatic N) is 2. The Kier molecular flexibility index (Phi) is 4.60. The molecule has 0 aliphatic carbocycles. The van der Waals surface area contributed by atoms with Crippen molar-refractivity contribution >= 4 is 29.1 Å². The van der Waals surface area contributed by atoms with E-state index < -0.39 is 5.91 Å². The minimum atomic E-state index is -0.559. The molecule has 0 bridgehead atoms. The zero-order valence-corrected chi connectivity index (χ0v) is 14.5. The van der Waals surface area contributed by atoms with Crippen molar-refractivity contribution in [2.24, 2.45) is 5.73 Å². The van der Waals surface area contributed by atoms with Gasteiger partial charge in [-0.2, -0.15) is 5.10 Å². The van der Waals surface area contributed by atoms with Crippen LogP contribution in [0.15, 0.2) is 48.5 Å². The average Bonchev–Trinajstić information content (AvgIpc) is 2.96. The molecular weight excluding hydrogens is 345 g/mol. The average molecular weight is 360 g/mol. The molecule has 0 saturated heterocycles. The third kappa shape index (κ3) is 3.45. The molecule has 2 N–H and O–H groups in total. The van der Waals surface area contributed by atoms with E-state index in [0.29, 0.717) is 16.6 Å². The maximum atomic E-state index is 11.5. The number of aromatic nitrogens is 2. The Labute approximate surface area is 149 Å². The fourth-order valence-electron chi connectivity index (χ4n) is 2.43. The molecule has 6 heteroatoms. The van der Waals surface area contributed by atoms with E-state index in [-0.39, 0.29) is 5.69 Å². The molecule has 1 amide bonds. The quantitative estimate of drug-likeness (QED) is 0.754. The molecule has 0 saturated carbocycles. The smallest absolute Gasteiger partial charge is 0.269 e. The largest absolute Gasteiger partial charge is 0.364 e. The van der Waals surface area contributed by atoms with Crippen LogP contribution in [0.3, 0.4) is 0 Å². The molecule has 0 fully saturated rings. The molecule has 3 aromatic rings. The Bertz CT molecular complexity index is 901. The van der Waals surface area contributed by atoms with Crippen LogP contribution in [0, 0.1) is 6.92 Å². The molecule has 0 radical (unpaired) electrons. The highest BCUT2D eigenvalue weighted by Gasteiger charge is 2.14. The van der Waals surface area contributed by atoms with Gasteiger partial charge < -0.3 is 5.73 Å². The normalized spacial score (nSPS) is 10.8. The second-order valence-corrected chi connectivity index (χ2v) is 6.37. The number of carbonyl (C=O) groups excluding carboxylic acids is 1. The molecule has 3 rings (SSSR count). The van der Waals surface area contributed by atoms with Crippen molar-refractivity contribution < 1.29 is 4.79 Å². The Morgan fingerprint density at radius 1 is 1.08 bits per heavy atom. The van der Waals surface area contributed by atoms with Gasteiger partial charge in [0.15, 0.2) is 5.69 Å². The van der Waals surface area contributed by atoms with Crippen LogP contribution >= 0.6 is 23.2 Å². The number of nitrogens with two attached hydrogens (primary N) is 1. The summed E-state index contributed by atoms with van der Waals surface area (Å²) in [5.41, 5.74) is 9.47. The molecule has 2 aromatic carbocycles. The third-order valence-electron chi connectivity index (χ3n) is 3.70.